The Morgan fingerprint density at radius 2 is 1.68 bits per heavy atom. The normalized spacial score (nSPS) is 24.8. The zero-order valence-electron chi connectivity index (χ0n) is 22.5. The molecule has 1 aliphatic heterocycles. The van der Waals surface area contributed by atoms with Gasteiger partial charge < -0.3 is 10.2 Å². The van der Waals surface area contributed by atoms with Crippen LogP contribution < -0.4 is 10.2 Å². The zero-order chi connectivity index (χ0) is 28.8. The second-order valence-electron chi connectivity index (χ2n) is 11.3. The summed E-state index contributed by atoms with van der Waals surface area (Å²) in [6.45, 7) is 0.867. The van der Waals surface area contributed by atoms with Gasteiger partial charge in [-0.1, -0.05) is 12.1 Å². The van der Waals surface area contributed by atoms with Gasteiger partial charge in [0, 0.05) is 42.4 Å². The van der Waals surface area contributed by atoms with Gasteiger partial charge in [0.15, 0.2) is 9.84 Å². The van der Waals surface area contributed by atoms with Crippen LogP contribution in [-0.4, -0.2) is 60.4 Å². The molecule has 1 aromatic heterocycles. The van der Waals surface area contributed by atoms with Gasteiger partial charge in [-0.3, -0.25) is 4.79 Å². The Morgan fingerprint density at radius 3 is 2.32 bits per heavy atom. The van der Waals surface area contributed by atoms with E-state index in [0.717, 1.165) is 16.8 Å². The molecule has 2 heterocycles. The first-order chi connectivity index (χ1) is 19.7. The molecule has 0 unspecified atom stereocenters. The summed E-state index contributed by atoms with van der Waals surface area (Å²) >= 11 is 0. The molecule has 2 aromatic carbocycles. The topological polar surface area (TPSA) is 108 Å². The van der Waals surface area contributed by atoms with Crippen molar-refractivity contribution in [1.82, 2.24) is 15.1 Å². The highest BCUT2D eigenvalue weighted by molar-refractivity contribution is 7.91. The number of carbonyl (C=O) groups excluding carboxylic acids is 1. The van der Waals surface area contributed by atoms with E-state index < -0.39 is 27.5 Å². The van der Waals surface area contributed by atoms with Crippen molar-refractivity contribution in [2.45, 2.75) is 49.7 Å². The fourth-order valence-corrected chi connectivity index (χ4v) is 7.09. The maximum Gasteiger partial charge on any atom is 0.225 e. The SMILES string of the molecule is N#CC1(NC(=O)[C@@H]2C[C@@H](F)CC[C@H]2c2nn(-c3ccc(F)cc3)cc2-c2ccc(N3CCS(=O)(=O)CC3)cc2)CC1. The molecular formula is C30H31F2N5O3S. The van der Waals surface area contributed by atoms with Crippen LogP contribution in [0, 0.1) is 23.1 Å². The number of rotatable bonds is 6. The smallest absolute Gasteiger partial charge is 0.225 e. The average Bonchev–Trinajstić information content (AvgIpc) is 3.60. The highest BCUT2D eigenvalue weighted by atomic mass is 32.2. The van der Waals surface area contributed by atoms with Crippen LogP contribution in [0.2, 0.25) is 0 Å². The van der Waals surface area contributed by atoms with E-state index in [4.69, 9.17) is 5.10 Å². The van der Waals surface area contributed by atoms with E-state index in [9.17, 15) is 27.3 Å². The monoisotopic (exact) mass is 579 g/mol. The van der Waals surface area contributed by atoms with E-state index in [0.29, 0.717) is 50.2 Å². The molecule has 8 nitrogen and oxygen atoms in total. The van der Waals surface area contributed by atoms with Gasteiger partial charge in [0.25, 0.3) is 0 Å². The van der Waals surface area contributed by atoms with E-state index >= 15 is 0 Å². The number of nitriles is 1. The molecular weight excluding hydrogens is 548 g/mol. The molecule has 3 atom stereocenters. The van der Waals surface area contributed by atoms with Gasteiger partial charge in [-0.25, -0.2) is 21.9 Å². The molecule has 0 spiro atoms. The lowest BCUT2D eigenvalue weighted by molar-refractivity contribution is -0.128. The van der Waals surface area contributed by atoms with E-state index in [1.807, 2.05) is 35.4 Å². The summed E-state index contributed by atoms with van der Waals surface area (Å²) in [5.41, 5.74) is 2.98. The maximum absolute atomic E-state index is 14.7. The summed E-state index contributed by atoms with van der Waals surface area (Å²) in [6.07, 6.45) is 2.69. The molecule has 6 rings (SSSR count). The number of amides is 1. The van der Waals surface area contributed by atoms with Gasteiger partial charge in [-0.2, -0.15) is 10.4 Å². The second kappa shape index (κ2) is 10.6. The van der Waals surface area contributed by atoms with E-state index in [1.165, 1.54) is 12.1 Å². The van der Waals surface area contributed by atoms with Crippen molar-refractivity contribution in [3.8, 4) is 22.9 Å². The summed E-state index contributed by atoms with van der Waals surface area (Å²) < 4.78 is 53.7. The standard InChI is InChI=1S/C30H31F2N5O3S/c31-21-3-8-24(9-4-21)37-18-27(20-1-6-23(7-2-20)36-13-15-41(39,40)16-14-36)28(35-37)25-10-5-22(32)17-26(25)29(38)34-30(19-33)11-12-30/h1-4,6-9,18,22,25-26H,5,10-17H2,(H,34,38)/t22-,25+,26+/m0/s1. The number of alkyl halides is 1. The first-order valence-corrected chi connectivity index (χ1v) is 15.8. The van der Waals surface area contributed by atoms with Crippen molar-refractivity contribution in [1.29, 1.82) is 5.26 Å². The summed E-state index contributed by atoms with van der Waals surface area (Å²) in [7, 11) is -3.00. The van der Waals surface area contributed by atoms with Crippen LogP contribution in [-0.2, 0) is 14.6 Å². The molecule has 0 bridgehead atoms. The predicted octanol–water partition coefficient (Wildman–Crippen LogP) is 4.31. The fourth-order valence-electron chi connectivity index (χ4n) is 5.89. The largest absolute Gasteiger partial charge is 0.369 e. The van der Waals surface area contributed by atoms with Gasteiger partial charge in [-0.05, 0) is 74.1 Å². The molecule has 11 heteroatoms. The number of hydrogen-bond acceptors (Lipinski definition) is 6. The lowest BCUT2D eigenvalue weighted by atomic mass is 9.74. The van der Waals surface area contributed by atoms with Crippen LogP contribution in [0.25, 0.3) is 16.8 Å². The first kappa shape index (κ1) is 27.4. The molecule has 41 heavy (non-hydrogen) atoms. The minimum atomic E-state index is -3.00. The predicted molar refractivity (Wildman–Crippen MR) is 151 cm³/mol. The van der Waals surface area contributed by atoms with Crippen LogP contribution in [0.3, 0.4) is 0 Å². The lowest BCUT2D eigenvalue weighted by Crippen LogP contribution is -2.44. The summed E-state index contributed by atoms with van der Waals surface area (Å²) in [4.78, 5) is 15.5. The number of halogens is 2. The van der Waals surface area contributed by atoms with Crippen LogP contribution >= 0.6 is 0 Å². The molecule has 0 radical (unpaired) electrons. The van der Waals surface area contributed by atoms with Gasteiger partial charge in [0.2, 0.25) is 5.91 Å². The van der Waals surface area contributed by atoms with Crippen molar-refractivity contribution in [2.24, 2.45) is 5.92 Å². The number of anilines is 1. The number of nitrogens with one attached hydrogen (secondary N) is 1. The molecule has 3 fully saturated rings. The molecule has 3 aliphatic rings. The number of hydrogen-bond donors (Lipinski definition) is 1. The Hall–Kier alpha value is -3.78. The fraction of sp³-hybridized carbons (Fsp3) is 0.433. The summed E-state index contributed by atoms with van der Waals surface area (Å²) in [5, 5.41) is 17.3. The zero-order valence-corrected chi connectivity index (χ0v) is 23.3. The Balaban J connectivity index is 1.36. The minimum absolute atomic E-state index is 0.0532. The van der Waals surface area contributed by atoms with E-state index in [2.05, 4.69) is 11.4 Å². The third-order valence-corrected chi connectivity index (χ3v) is 10.1. The maximum atomic E-state index is 14.7. The number of nitrogens with zero attached hydrogens (tertiary/aromatic N) is 4. The quantitative estimate of drug-likeness (QED) is 0.467. The van der Waals surface area contributed by atoms with Crippen molar-refractivity contribution >= 4 is 21.4 Å². The molecule has 214 valence electrons. The number of carbonyl (C=O) groups is 1. The summed E-state index contributed by atoms with van der Waals surface area (Å²) in [6, 6.07) is 15.9. The van der Waals surface area contributed by atoms with Crippen LogP contribution in [0.1, 0.15) is 43.7 Å². The van der Waals surface area contributed by atoms with Crippen molar-refractivity contribution < 1.29 is 22.0 Å². The van der Waals surface area contributed by atoms with Crippen LogP contribution in [0.5, 0.6) is 0 Å². The molecule has 1 N–H and O–H groups in total. The molecule has 2 saturated carbocycles. The third-order valence-electron chi connectivity index (χ3n) is 8.52. The Morgan fingerprint density at radius 1 is 1.02 bits per heavy atom. The minimum Gasteiger partial charge on any atom is -0.369 e. The average molecular weight is 580 g/mol. The third kappa shape index (κ3) is 5.71. The van der Waals surface area contributed by atoms with E-state index in [-0.39, 0.29) is 35.6 Å². The number of benzene rings is 2. The molecule has 1 saturated heterocycles. The number of sulfone groups is 1. The highest BCUT2D eigenvalue weighted by Gasteiger charge is 2.48. The van der Waals surface area contributed by atoms with Crippen LogP contribution in [0.15, 0.2) is 54.7 Å². The lowest BCUT2D eigenvalue weighted by Gasteiger charge is -2.32. The Kier molecular flexibility index (Phi) is 7.06. The Labute approximate surface area is 237 Å². The van der Waals surface area contributed by atoms with Gasteiger partial charge in [0.05, 0.1) is 29.0 Å². The van der Waals surface area contributed by atoms with Crippen molar-refractivity contribution in [3.05, 3.63) is 66.2 Å². The highest BCUT2D eigenvalue weighted by Crippen LogP contribution is 2.44. The van der Waals surface area contributed by atoms with Crippen molar-refractivity contribution in [2.75, 3.05) is 29.5 Å². The molecule has 1 amide bonds. The Bertz CT molecular complexity index is 1580. The van der Waals surface area contributed by atoms with E-state index in [1.54, 1.807) is 16.8 Å². The van der Waals surface area contributed by atoms with Gasteiger partial charge >= 0.3 is 0 Å². The molecule has 2 aliphatic carbocycles. The van der Waals surface area contributed by atoms with Gasteiger partial charge in [-0.15, -0.1) is 0 Å². The van der Waals surface area contributed by atoms with Crippen LogP contribution in [0.4, 0.5) is 14.5 Å². The molecule has 3 aromatic rings. The van der Waals surface area contributed by atoms with Crippen molar-refractivity contribution in [3.63, 3.8) is 0 Å². The first-order valence-electron chi connectivity index (χ1n) is 13.9. The second-order valence-corrected chi connectivity index (χ2v) is 13.6. The summed E-state index contributed by atoms with van der Waals surface area (Å²) in [5.74, 6) is -1.51. The van der Waals surface area contributed by atoms with Gasteiger partial charge in [0.1, 0.15) is 17.5 Å². The number of aromatic nitrogens is 2.